The monoisotopic (exact) mass is 371 g/mol. The molecule has 1 heterocycles. The Labute approximate surface area is 153 Å². The molecule has 0 bridgehead atoms. The average molecular weight is 372 g/mol. The van der Waals surface area contributed by atoms with Gasteiger partial charge in [0.2, 0.25) is 11.8 Å². The number of hydrogen-bond acceptors (Lipinski definition) is 3. The molecule has 2 amide bonds. The van der Waals surface area contributed by atoms with Gasteiger partial charge in [0, 0.05) is 51.1 Å². The molecule has 1 fully saturated rings. The molecular formula is C17H23Cl2N3O2. The van der Waals surface area contributed by atoms with Crippen LogP contribution in [0.5, 0.6) is 0 Å². The molecule has 0 spiro atoms. The third-order valence-electron chi connectivity index (χ3n) is 4.30. The molecule has 1 aromatic carbocycles. The lowest BCUT2D eigenvalue weighted by molar-refractivity contribution is -0.132. The summed E-state index contributed by atoms with van der Waals surface area (Å²) in [6, 6.07) is 4.99. The summed E-state index contributed by atoms with van der Waals surface area (Å²) in [5.74, 6) is -0.0788. The van der Waals surface area contributed by atoms with Gasteiger partial charge in [-0.2, -0.15) is 0 Å². The number of benzene rings is 1. The number of anilines is 1. The molecule has 2 rings (SSSR count). The number of carbonyl (C=O) groups excluding carboxylic acids is 2. The van der Waals surface area contributed by atoms with E-state index in [9.17, 15) is 9.59 Å². The molecule has 0 saturated carbocycles. The predicted molar refractivity (Wildman–Crippen MR) is 97.8 cm³/mol. The van der Waals surface area contributed by atoms with Crippen molar-refractivity contribution in [3.8, 4) is 0 Å². The van der Waals surface area contributed by atoms with Crippen molar-refractivity contribution in [1.29, 1.82) is 0 Å². The Bertz CT molecular complexity index is 601. The molecule has 5 nitrogen and oxygen atoms in total. The van der Waals surface area contributed by atoms with Gasteiger partial charge in [0.15, 0.2) is 0 Å². The number of amides is 2. The summed E-state index contributed by atoms with van der Waals surface area (Å²) in [6.07, 6.45) is 0.282. The minimum absolute atomic E-state index is 0.0714. The van der Waals surface area contributed by atoms with Gasteiger partial charge in [-0.3, -0.25) is 9.59 Å². The Morgan fingerprint density at radius 2 is 1.83 bits per heavy atom. The number of hydrogen-bond donors (Lipinski definition) is 0. The van der Waals surface area contributed by atoms with Crippen LogP contribution in [0.3, 0.4) is 0 Å². The quantitative estimate of drug-likeness (QED) is 0.798. The molecule has 24 heavy (non-hydrogen) atoms. The number of nitrogens with zero attached hydrogens (tertiary/aromatic N) is 3. The van der Waals surface area contributed by atoms with Gasteiger partial charge in [-0.25, -0.2) is 0 Å². The zero-order chi connectivity index (χ0) is 17.7. The van der Waals surface area contributed by atoms with Gasteiger partial charge in [0.05, 0.1) is 10.7 Å². The highest BCUT2D eigenvalue weighted by atomic mass is 35.5. The van der Waals surface area contributed by atoms with Crippen molar-refractivity contribution >= 4 is 40.7 Å². The van der Waals surface area contributed by atoms with E-state index >= 15 is 0 Å². The van der Waals surface area contributed by atoms with E-state index in [1.807, 2.05) is 4.90 Å². The summed E-state index contributed by atoms with van der Waals surface area (Å²) in [4.78, 5) is 30.1. The van der Waals surface area contributed by atoms with Gasteiger partial charge in [-0.15, -0.1) is 0 Å². The molecule has 0 atom stereocenters. The van der Waals surface area contributed by atoms with Gasteiger partial charge in [0.25, 0.3) is 0 Å². The second-order valence-corrected chi connectivity index (χ2v) is 6.68. The summed E-state index contributed by atoms with van der Waals surface area (Å²) in [6.45, 7) is 8.21. The molecule has 0 radical (unpaired) electrons. The SMILES string of the molecule is CCN1CCN(C(=O)CCN(C(C)=O)c2ccc(Cl)cc2Cl)CC1. The van der Waals surface area contributed by atoms with Crippen LogP contribution in [-0.2, 0) is 9.59 Å². The maximum atomic E-state index is 12.4. The first-order valence-electron chi connectivity index (χ1n) is 8.15. The van der Waals surface area contributed by atoms with Crippen molar-refractivity contribution in [2.45, 2.75) is 20.3 Å². The molecule has 132 valence electrons. The zero-order valence-corrected chi connectivity index (χ0v) is 15.6. The molecule has 0 N–H and O–H groups in total. The lowest BCUT2D eigenvalue weighted by Crippen LogP contribution is -2.49. The topological polar surface area (TPSA) is 43.9 Å². The van der Waals surface area contributed by atoms with Crippen molar-refractivity contribution in [2.24, 2.45) is 0 Å². The molecule has 0 unspecified atom stereocenters. The first-order valence-corrected chi connectivity index (χ1v) is 8.91. The Morgan fingerprint density at radius 1 is 1.17 bits per heavy atom. The van der Waals surface area contributed by atoms with Crippen LogP contribution in [0, 0.1) is 0 Å². The van der Waals surface area contributed by atoms with Crippen LogP contribution >= 0.6 is 23.2 Å². The van der Waals surface area contributed by atoms with E-state index in [0.29, 0.717) is 22.3 Å². The molecule has 0 aromatic heterocycles. The number of likely N-dealkylation sites (N-methyl/N-ethyl adjacent to an activating group) is 1. The predicted octanol–water partition coefficient (Wildman–Crippen LogP) is 2.90. The first-order chi connectivity index (χ1) is 11.4. The first kappa shape index (κ1) is 19.0. The van der Waals surface area contributed by atoms with Gasteiger partial charge in [-0.05, 0) is 24.7 Å². The van der Waals surface area contributed by atoms with Crippen molar-refractivity contribution in [3.05, 3.63) is 28.2 Å². The van der Waals surface area contributed by atoms with Crippen molar-refractivity contribution in [3.63, 3.8) is 0 Å². The normalized spacial score (nSPS) is 15.4. The minimum Gasteiger partial charge on any atom is -0.340 e. The third-order valence-corrected chi connectivity index (χ3v) is 4.84. The summed E-state index contributed by atoms with van der Waals surface area (Å²) in [7, 11) is 0. The van der Waals surface area contributed by atoms with E-state index in [0.717, 1.165) is 32.7 Å². The zero-order valence-electron chi connectivity index (χ0n) is 14.1. The van der Waals surface area contributed by atoms with Gasteiger partial charge in [-0.1, -0.05) is 30.1 Å². The highest BCUT2D eigenvalue weighted by Gasteiger charge is 2.22. The fraction of sp³-hybridized carbons (Fsp3) is 0.529. The summed E-state index contributed by atoms with van der Waals surface area (Å²) in [5, 5.41) is 0.916. The van der Waals surface area contributed by atoms with E-state index in [-0.39, 0.29) is 18.2 Å². The van der Waals surface area contributed by atoms with Gasteiger partial charge < -0.3 is 14.7 Å². The van der Waals surface area contributed by atoms with Crippen LogP contribution in [0.25, 0.3) is 0 Å². The highest BCUT2D eigenvalue weighted by molar-refractivity contribution is 6.36. The molecule has 1 saturated heterocycles. The van der Waals surface area contributed by atoms with Crippen molar-refractivity contribution in [1.82, 2.24) is 9.80 Å². The second kappa shape index (κ2) is 8.70. The molecule has 1 aliphatic rings. The second-order valence-electron chi connectivity index (χ2n) is 5.83. The molecular weight excluding hydrogens is 349 g/mol. The fourth-order valence-corrected chi connectivity index (χ4v) is 3.34. The minimum atomic E-state index is -0.150. The lowest BCUT2D eigenvalue weighted by Gasteiger charge is -2.34. The van der Waals surface area contributed by atoms with Crippen LogP contribution in [-0.4, -0.2) is 60.9 Å². The number of rotatable bonds is 5. The fourth-order valence-electron chi connectivity index (χ4n) is 2.83. The van der Waals surface area contributed by atoms with Crippen LogP contribution in [0.15, 0.2) is 18.2 Å². The van der Waals surface area contributed by atoms with Crippen LogP contribution < -0.4 is 4.90 Å². The molecule has 0 aliphatic carbocycles. The lowest BCUT2D eigenvalue weighted by atomic mass is 10.2. The third kappa shape index (κ3) is 4.85. The van der Waals surface area contributed by atoms with E-state index in [4.69, 9.17) is 23.2 Å². The van der Waals surface area contributed by atoms with Crippen LogP contribution in [0.1, 0.15) is 20.3 Å². The Hall–Kier alpha value is -1.30. The molecule has 1 aliphatic heterocycles. The van der Waals surface area contributed by atoms with E-state index < -0.39 is 0 Å². The summed E-state index contributed by atoms with van der Waals surface area (Å²) in [5.41, 5.74) is 0.581. The summed E-state index contributed by atoms with van der Waals surface area (Å²) >= 11 is 12.1. The molecule has 1 aromatic rings. The standard InChI is InChI=1S/C17H23Cl2N3O2/c1-3-20-8-10-21(11-9-20)17(24)6-7-22(13(2)23)16-5-4-14(18)12-15(16)19/h4-5,12H,3,6-11H2,1-2H3. The highest BCUT2D eigenvalue weighted by Crippen LogP contribution is 2.29. The number of piperazine rings is 1. The Balaban J connectivity index is 1.97. The van der Waals surface area contributed by atoms with E-state index in [1.165, 1.54) is 11.8 Å². The average Bonchev–Trinajstić information content (AvgIpc) is 2.56. The number of halogens is 2. The van der Waals surface area contributed by atoms with E-state index in [2.05, 4.69) is 11.8 Å². The van der Waals surface area contributed by atoms with Crippen LogP contribution in [0.4, 0.5) is 5.69 Å². The Kier molecular flexibility index (Phi) is 6.90. The largest absolute Gasteiger partial charge is 0.340 e. The van der Waals surface area contributed by atoms with Crippen molar-refractivity contribution in [2.75, 3.05) is 44.2 Å². The van der Waals surface area contributed by atoms with Gasteiger partial charge in [0.1, 0.15) is 0 Å². The molecule has 7 heteroatoms. The maximum absolute atomic E-state index is 12.4. The van der Waals surface area contributed by atoms with Crippen molar-refractivity contribution < 1.29 is 9.59 Å². The maximum Gasteiger partial charge on any atom is 0.224 e. The van der Waals surface area contributed by atoms with Gasteiger partial charge >= 0.3 is 0 Å². The Morgan fingerprint density at radius 3 is 2.38 bits per heavy atom. The van der Waals surface area contributed by atoms with Crippen LogP contribution in [0.2, 0.25) is 10.0 Å². The summed E-state index contributed by atoms with van der Waals surface area (Å²) < 4.78 is 0. The van der Waals surface area contributed by atoms with E-state index in [1.54, 1.807) is 18.2 Å². The smallest absolute Gasteiger partial charge is 0.224 e. The number of carbonyl (C=O) groups is 2.